The minimum absolute atomic E-state index is 0.00214. The van der Waals surface area contributed by atoms with Crippen molar-refractivity contribution in [1.29, 1.82) is 0 Å². The van der Waals surface area contributed by atoms with E-state index in [-0.39, 0.29) is 60.0 Å². The van der Waals surface area contributed by atoms with E-state index in [0.29, 0.717) is 25.8 Å². The third kappa shape index (κ3) is 2.66. The van der Waals surface area contributed by atoms with E-state index in [0.717, 1.165) is 19.3 Å². The van der Waals surface area contributed by atoms with Crippen LogP contribution < -0.4 is 5.32 Å². The third-order valence-electron chi connectivity index (χ3n) is 7.30. The highest BCUT2D eigenvalue weighted by molar-refractivity contribution is 5.97. The molecule has 2 spiro atoms. The molecular weight excluding hydrogens is 358 g/mol. The first kappa shape index (κ1) is 17.4. The van der Waals surface area contributed by atoms with Gasteiger partial charge in [0, 0.05) is 19.4 Å². The Balaban J connectivity index is 1.08. The summed E-state index contributed by atoms with van der Waals surface area (Å²) in [6.07, 6.45) is 4.47. The molecule has 0 aromatic heterocycles. The van der Waals surface area contributed by atoms with Gasteiger partial charge in [0.25, 0.3) is 0 Å². The van der Waals surface area contributed by atoms with Gasteiger partial charge in [-0.15, -0.1) is 0 Å². The molecule has 6 nitrogen and oxygen atoms in total. The molecule has 5 rings (SSSR count). The van der Waals surface area contributed by atoms with Crippen molar-refractivity contribution < 1.29 is 27.9 Å². The van der Waals surface area contributed by atoms with Crippen LogP contribution in [-0.4, -0.2) is 53.8 Å². The van der Waals surface area contributed by atoms with Gasteiger partial charge in [-0.3, -0.25) is 14.4 Å². The van der Waals surface area contributed by atoms with Crippen LogP contribution in [0.2, 0.25) is 0 Å². The molecule has 2 aliphatic heterocycles. The number of halogens is 2. The molecule has 8 heteroatoms. The first-order valence-electron chi connectivity index (χ1n) is 9.85. The van der Waals surface area contributed by atoms with Gasteiger partial charge in [0.2, 0.25) is 17.7 Å². The summed E-state index contributed by atoms with van der Waals surface area (Å²) in [7, 11) is 0. The van der Waals surface area contributed by atoms with Gasteiger partial charge in [0.05, 0.1) is 5.92 Å². The molecule has 0 aromatic rings. The summed E-state index contributed by atoms with van der Waals surface area (Å²) >= 11 is 0. The van der Waals surface area contributed by atoms with Gasteiger partial charge < -0.3 is 15.0 Å². The van der Waals surface area contributed by atoms with Crippen molar-refractivity contribution in [3.05, 3.63) is 0 Å². The maximum absolute atomic E-state index is 13.1. The van der Waals surface area contributed by atoms with E-state index in [9.17, 15) is 23.2 Å². The van der Waals surface area contributed by atoms with E-state index < -0.39 is 12.0 Å². The largest absolute Gasteiger partial charge is 0.463 e. The first-order valence-corrected chi connectivity index (χ1v) is 9.85. The number of esters is 1. The van der Waals surface area contributed by atoms with Crippen molar-refractivity contribution >= 4 is 17.8 Å². The number of carbonyl (C=O) groups excluding carboxylic acids is 3. The first-order chi connectivity index (χ1) is 12.7. The average molecular weight is 382 g/mol. The highest BCUT2D eigenvalue weighted by Crippen LogP contribution is 2.74. The van der Waals surface area contributed by atoms with Crippen molar-refractivity contribution in [2.24, 2.45) is 16.7 Å². The second-order valence-corrected chi connectivity index (χ2v) is 9.55. The molecule has 1 N–H and O–H groups in total. The van der Waals surface area contributed by atoms with Crippen LogP contribution in [0.4, 0.5) is 8.78 Å². The maximum atomic E-state index is 13.1. The zero-order chi connectivity index (χ0) is 19.0. The zero-order valence-electron chi connectivity index (χ0n) is 15.1. The zero-order valence-corrected chi connectivity index (χ0v) is 15.1. The molecule has 5 fully saturated rings. The number of carbonyl (C=O) groups is 3. The molecule has 27 heavy (non-hydrogen) atoms. The predicted octanol–water partition coefficient (Wildman–Crippen LogP) is 1.62. The lowest BCUT2D eigenvalue weighted by Gasteiger charge is -2.68. The van der Waals surface area contributed by atoms with Gasteiger partial charge in [-0.2, -0.15) is 0 Å². The van der Waals surface area contributed by atoms with Gasteiger partial charge >= 0.3 is 5.97 Å². The SMILES string of the molecule is O=C(OC[C@@H]1NC(=O)[C@@H]2CCCN2C1=O)C1CC2(C1)CC1(CC(F)(F)C1)C2. The van der Waals surface area contributed by atoms with Crippen molar-refractivity contribution in [2.75, 3.05) is 13.2 Å². The fraction of sp³-hybridized carbons (Fsp3) is 0.842. The number of amides is 2. The van der Waals surface area contributed by atoms with Crippen molar-refractivity contribution in [3.8, 4) is 0 Å². The molecule has 5 aliphatic rings. The number of piperazine rings is 1. The normalized spacial score (nSPS) is 35.1. The van der Waals surface area contributed by atoms with Crippen LogP contribution in [0, 0.1) is 16.7 Å². The van der Waals surface area contributed by atoms with Crippen molar-refractivity contribution in [2.45, 2.75) is 69.4 Å². The summed E-state index contributed by atoms with van der Waals surface area (Å²) in [5.74, 6) is -3.40. The Labute approximate surface area is 156 Å². The van der Waals surface area contributed by atoms with E-state index in [4.69, 9.17) is 4.74 Å². The Morgan fingerprint density at radius 2 is 1.85 bits per heavy atom. The number of fused-ring (bicyclic) bond motifs is 1. The number of hydrogen-bond acceptors (Lipinski definition) is 4. The molecule has 2 atom stereocenters. The van der Waals surface area contributed by atoms with Gasteiger partial charge in [-0.05, 0) is 49.4 Å². The quantitative estimate of drug-likeness (QED) is 0.753. The van der Waals surface area contributed by atoms with E-state index >= 15 is 0 Å². The van der Waals surface area contributed by atoms with Crippen LogP contribution in [0.3, 0.4) is 0 Å². The van der Waals surface area contributed by atoms with Gasteiger partial charge in [-0.25, -0.2) is 8.78 Å². The van der Waals surface area contributed by atoms with Crippen molar-refractivity contribution in [1.82, 2.24) is 10.2 Å². The van der Waals surface area contributed by atoms with Crippen LogP contribution in [-0.2, 0) is 19.1 Å². The second-order valence-electron chi connectivity index (χ2n) is 9.55. The molecule has 2 heterocycles. The number of nitrogens with one attached hydrogen (secondary N) is 1. The average Bonchev–Trinajstić information content (AvgIpc) is 2.99. The molecule has 148 valence electrons. The number of rotatable bonds is 3. The molecular formula is C19H24F2N2O4. The Morgan fingerprint density at radius 1 is 1.15 bits per heavy atom. The lowest BCUT2D eigenvalue weighted by Crippen LogP contribution is -2.63. The lowest BCUT2D eigenvalue weighted by atomic mass is 9.37. The standard InChI is InChI=1S/C19H24F2N2O4/c20-19(21)9-18(10-19)7-17(8-18)4-11(5-17)16(26)27-6-12-15(25)23-3-1-2-13(23)14(24)22-12/h11-13H,1-10H2,(H,22,24)/t12-,13-/m0/s1. The monoisotopic (exact) mass is 382 g/mol. The van der Waals surface area contributed by atoms with E-state index in [2.05, 4.69) is 5.32 Å². The lowest BCUT2D eigenvalue weighted by molar-refractivity contribution is -0.256. The van der Waals surface area contributed by atoms with Crippen LogP contribution >= 0.6 is 0 Å². The molecule has 0 radical (unpaired) electrons. The smallest absolute Gasteiger partial charge is 0.309 e. The summed E-state index contributed by atoms with van der Waals surface area (Å²) < 4.78 is 31.6. The number of ether oxygens (including phenoxy) is 1. The van der Waals surface area contributed by atoms with Gasteiger partial charge in [-0.1, -0.05) is 0 Å². The summed E-state index contributed by atoms with van der Waals surface area (Å²) in [6.45, 7) is 0.444. The summed E-state index contributed by atoms with van der Waals surface area (Å²) in [6, 6.07) is -1.17. The Kier molecular flexibility index (Phi) is 3.48. The number of nitrogens with zero attached hydrogens (tertiary/aromatic N) is 1. The molecule has 2 saturated heterocycles. The maximum Gasteiger partial charge on any atom is 0.309 e. The van der Waals surface area contributed by atoms with Crippen LogP contribution in [0.15, 0.2) is 0 Å². The van der Waals surface area contributed by atoms with E-state index in [1.165, 1.54) is 0 Å². The van der Waals surface area contributed by atoms with Gasteiger partial charge in [0.1, 0.15) is 18.7 Å². The molecule has 2 amide bonds. The predicted molar refractivity (Wildman–Crippen MR) is 88.6 cm³/mol. The van der Waals surface area contributed by atoms with Crippen LogP contribution in [0.25, 0.3) is 0 Å². The summed E-state index contributed by atoms with van der Waals surface area (Å²) in [4.78, 5) is 38.3. The highest BCUT2D eigenvalue weighted by Gasteiger charge is 2.69. The van der Waals surface area contributed by atoms with Crippen LogP contribution in [0.1, 0.15) is 51.4 Å². The van der Waals surface area contributed by atoms with Gasteiger partial charge in [0.15, 0.2) is 0 Å². The molecule has 0 bridgehead atoms. The molecule has 0 aromatic carbocycles. The fourth-order valence-corrected chi connectivity index (χ4v) is 6.50. The topological polar surface area (TPSA) is 75.7 Å². The minimum Gasteiger partial charge on any atom is -0.463 e. The molecule has 3 saturated carbocycles. The minimum atomic E-state index is -2.49. The van der Waals surface area contributed by atoms with E-state index in [1.807, 2.05) is 0 Å². The molecule has 3 aliphatic carbocycles. The van der Waals surface area contributed by atoms with Crippen LogP contribution in [0.5, 0.6) is 0 Å². The number of hydrogen-bond donors (Lipinski definition) is 1. The Morgan fingerprint density at radius 3 is 2.52 bits per heavy atom. The fourth-order valence-electron chi connectivity index (χ4n) is 6.50. The number of alkyl halides is 2. The highest BCUT2D eigenvalue weighted by atomic mass is 19.3. The Hall–Kier alpha value is -1.73. The second kappa shape index (κ2) is 5.41. The van der Waals surface area contributed by atoms with E-state index in [1.54, 1.807) is 4.90 Å². The summed E-state index contributed by atoms with van der Waals surface area (Å²) in [5, 5.41) is 2.66. The molecule has 0 unspecified atom stereocenters. The summed E-state index contributed by atoms with van der Waals surface area (Å²) in [5.41, 5.74) is -0.124. The van der Waals surface area contributed by atoms with Crippen molar-refractivity contribution in [3.63, 3.8) is 0 Å². The third-order valence-corrected chi connectivity index (χ3v) is 7.30. The Bertz CT molecular complexity index is 700.